The van der Waals surface area contributed by atoms with Crippen LogP contribution in [0.4, 0.5) is 5.00 Å². The fourth-order valence-corrected chi connectivity index (χ4v) is 3.94. The Labute approximate surface area is 174 Å². The van der Waals surface area contributed by atoms with E-state index in [1.807, 2.05) is 54.3 Å². The number of esters is 1. The highest BCUT2D eigenvalue weighted by molar-refractivity contribution is 7.18. The van der Waals surface area contributed by atoms with Gasteiger partial charge in [-0.1, -0.05) is 30.3 Å². The summed E-state index contributed by atoms with van der Waals surface area (Å²) < 4.78 is 10.5. The number of ether oxygens (including phenoxy) is 1. The van der Waals surface area contributed by atoms with Gasteiger partial charge in [-0.25, -0.2) is 4.79 Å². The first-order valence-corrected chi connectivity index (χ1v) is 10.2. The second kappa shape index (κ2) is 10.0. The van der Waals surface area contributed by atoms with Crippen molar-refractivity contribution in [3.05, 3.63) is 76.6 Å². The summed E-state index contributed by atoms with van der Waals surface area (Å²) in [4.78, 5) is 27.2. The van der Waals surface area contributed by atoms with Crippen molar-refractivity contribution in [2.75, 3.05) is 18.5 Å². The van der Waals surface area contributed by atoms with E-state index < -0.39 is 0 Å². The number of anilines is 1. The lowest BCUT2D eigenvalue weighted by molar-refractivity contribution is -0.117. The molecule has 29 heavy (non-hydrogen) atoms. The second-order valence-electron chi connectivity index (χ2n) is 6.60. The van der Waals surface area contributed by atoms with Crippen LogP contribution >= 0.6 is 11.3 Å². The van der Waals surface area contributed by atoms with E-state index in [1.54, 1.807) is 19.3 Å². The lowest BCUT2D eigenvalue weighted by Crippen LogP contribution is -2.32. The molecule has 0 fully saturated rings. The Balaban J connectivity index is 1.66. The normalized spacial score (nSPS) is 10.9. The summed E-state index contributed by atoms with van der Waals surface area (Å²) in [6, 6.07) is 15.5. The zero-order valence-electron chi connectivity index (χ0n) is 16.5. The molecule has 0 saturated carbocycles. The molecule has 0 bridgehead atoms. The van der Waals surface area contributed by atoms with Gasteiger partial charge in [0.2, 0.25) is 5.91 Å². The molecular formula is C22H24N2O4S. The summed E-state index contributed by atoms with van der Waals surface area (Å²) >= 11 is 1.23. The van der Waals surface area contributed by atoms with Crippen LogP contribution in [-0.2, 0) is 22.6 Å². The molecule has 2 heterocycles. The zero-order chi connectivity index (χ0) is 20.6. The molecule has 3 aromatic rings. The molecule has 0 unspecified atom stereocenters. The highest BCUT2D eigenvalue weighted by Gasteiger charge is 2.18. The number of carbonyl (C=O) groups excluding carboxylic acids is 2. The number of furan rings is 1. The Bertz CT molecular complexity index is 935. The van der Waals surface area contributed by atoms with E-state index in [4.69, 9.17) is 9.15 Å². The topological polar surface area (TPSA) is 71.8 Å². The van der Waals surface area contributed by atoms with Gasteiger partial charge in [0.05, 0.1) is 31.0 Å². The minimum Gasteiger partial charge on any atom is -0.468 e. The Morgan fingerprint density at radius 3 is 2.62 bits per heavy atom. The minimum atomic E-state index is -0.362. The highest BCUT2D eigenvalue weighted by Crippen LogP contribution is 2.27. The lowest BCUT2D eigenvalue weighted by atomic mass is 10.2. The van der Waals surface area contributed by atoms with Crippen LogP contribution in [0, 0.1) is 6.92 Å². The quantitative estimate of drug-likeness (QED) is 0.525. The van der Waals surface area contributed by atoms with Gasteiger partial charge in [0.1, 0.15) is 10.6 Å². The van der Waals surface area contributed by atoms with Gasteiger partial charge in [-0.05, 0) is 43.2 Å². The van der Waals surface area contributed by atoms with E-state index in [0.717, 1.165) is 16.9 Å². The van der Waals surface area contributed by atoms with Gasteiger partial charge in [-0.15, -0.1) is 11.3 Å². The highest BCUT2D eigenvalue weighted by atomic mass is 32.1. The first-order valence-electron chi connectivity index (χ1n) is 9.41. The maximum absolute atomic E-state index is 12.7. The summed E-state index contributed by atoms with van der Waals surface area (Å²) in [5, 5.41) is 3.53. The van der Waals surface area contributed by atoms with Crippen molar-refractivity contribution in [1.29, 1.82) is 0 Å². The molecule has 0 aliphatic carbocycles. The van der Waals surface area contributed by atoms with Crippen LogP contribution in [-0.4, -0.2) is 29.9 Å². The van der Waals surface area contributed by atoms with E-state index in [0.29, 0.717) is 29.6 Å². The van der Waals surface area contributed by atoms with Crippen LogP contribution in [0.3, 0.4) is 0 Å². The van der Waals surface area contributed by atoms with Crippen LogP contribution in [0.1, 0.15) is 33.5 Å². The van der Waals surface area contributed by atoms with E-state index in [9.17, 15) is 9.59 Å². The number of aryl methyl sites for hydroxylation is 1. The summed E-state index contributed by atoms with van der Waals surface area (Å²) in [6.07, 6.45) is 1.63. The minimum absolute atomic E-state index is 0.149. The molecule has 0 atom stereocenters. The first-order chi connectivity index (χ1) is 14.0. The fraction of sp³-hybridized carbons (Fsp3) is 0.273. The van der Waals surface area contributed by atoms with Gasteiger partial charge in [0, 0.05) is 6.54 Å². The average Bonchev–Trinajstić information content (AvgIpc) is 3.32. The molecule has 152 valence electrons. The van der Waals surface area contributed by atoms with Gasteiger partial charge in [-0.2, -0.15) is 0 Å². The number of carbonyl (C=O) groups is 2. The Kier molecular flexibility index (Phi) is 7.21. The molecule has 0 aliphatic heterocycles. The number of amides is 1. The third-order valence-electron chi connectivity index (χ3n) is 4.22. The smallest absolute Gasteiger partial charge is 0.348 e. The number of nitrogens with zero attached hydrogens (tertiary/aromatic N) is 1. The summed E-state index contributed by atoms with van der Waals surface area (Å²) in [6.45, 7) is 5.25. The van der Waals surface area contributed by atoms with Crippen LogP contribution < -0.4 is 5.32 Å². The van der Waals surface area contributed by atoms with E-state index in [2.05, 4.69) is 5.32 Å². The number of hydrogen-bond acceptors (Lipinski definition) is 6. The van der Waals surface area contributed by atoms with E-state index >= 15 is 0 Å². The van der Waals surface area contributed by atoms with Gasteiger partial charge in [0.25, 0.3) is 0 Å². The van der Waals surface area contributed by atoms with E-state index in [1.165, 1.54) is 11.3 Å². The molecule has 1 amide bonds. The van der Waals surface area contributed by atoms with Crippen molar-refractivity contribution >= 4 is 28.2 Å². The van der Waals surface area contributed by atoms with Crippen molar-refractivity contribution in [3.63, 3.8) is 0 Å². The maximum atomic E-state index is 12.7. The predicted octanol–water partition coefficient (Wildman–Crippen LogP) is 4.47. The summed E-state index contributed by atoms with van der Waals surface area (Å²) in [5.41, 5.74) is 1.91. The van der Waals surface area contributed by atoms with Crippen LogP contribution in [0.5, 0.6) is 0 Å². The molecule has 0 radical (unpaired) electrons. The van der Waals surface area contributed by atoms with Crippen molar-refractivity contribution in [1.82, 2.24) is 4.90 Å². The SMILES string of the molecule is CCOC(=O)c1sc(NC(=O)CN(Cc2ccccc2)Cc2ccco2)cc1C. The molecule has 0 aliphatic rings. The summed E-state index contributed by atoms with van der Waals surface area (Å²) in [7, 11) is 0. The average molecular weight is 413 g/mol. The predicted molar refractivity (Wildman–Crippen MR) is 113 cm³/mol. The third kappa shape index (κ3) is 6.04. The number of nitrogens with one attached hydrogen (secondary N) is 1. The monoisotopic (exact) mass is 412 g/mol. The van der Waals surface area contributed by atoms with Gasteiger partial charge >= 0.3 is 5.97 Å². The molecule has 1 N–H and O–H groups in total. The Morgan fingerprint density at radius 1 is 1.14 bits per heavy atom. The number of rotatable bonds is 9. The van der Waals surface area contributed by atoms with Crippen LogP contribution in [0.25, 0.3) is 0 Å². The molecule has 0 saturated heterocycles. The van der Waals surface area contributed by atoms with Crippen LogP contribution in [0.2, 0.25) is 0 Å². The summed E-state index contributed by atoms with van der Waals surface area (Å²) in [5.74, 6) is 0.286. The third-order valence-corrected chi connectivity index (χ3v) is 5.35. The molecule has 7 heteroatoms. The fourth-order valence-electron chi connectivity index (χ4n) is 2.96. The standard InChI is InChI=1S/C22H24N2O4S/c1-3-27-22(26)21-16(2)12-20(29-21)23-19(25)15-24(14-18-10-7-11-28-18)13-17-8-5-4-6-9-17/h4-12H,3,13-15H2,1-2H3,(H,23,25). The molecule has 0 spiro atoms. The zero-order valence-corrected chi connectivity index (χ0v) is 17.3. The van der Waals surface area contributed by atoms with Crippen molar-refractivity contribution in [2.45, 2.75) is 26.9 Å². The molecule has 6 nitrogen and oxygen atoms in total. The number of hydrogen-bond donors (Lipinski definition) is 1. The van der Waals surface area contributed by atoms with Crippen molar-refractivity contribution in [3.8, 4) is 0 Å². The molecule has 1 aromatic carbocycles. The molecule has 2 aromatic heterocycles. The van der Waals surface area contributed by atoms with Gasteiger partial charge < -0.3 is 14.5 Å². The number of benzene rings is 1. The number of thiophene rings is 1. The van der Waals surface area contributed by atoms with Crippen LogP contribution in [0.15, 0.2) is 59.2 Å². The van der Waals surface area contributed by atoms with E-state index in [-0.39, 0.29) is 18.4 Å². The lowest BCUT2D eigenvalue weighted by Gasteiger charge is -2.20. The van der Waals surface area contributed by atoms with Crippen molar-refractivity contribution in [2.24, 2.45) is 0 Å². The maximum Gasteiger partial charge on any atom is 0.348 e. The van der Waals surface area contributed by atoms with Gasteiger partial charge in [-0.3, -0.25) is 9.69 Å². The van der Waals surface area contributed by atoms with Gasteiger partial charge in [0.15, 0.2) is 0 Å². The van der Waals surface area contributed by atoms with Crippen molar-refractivity contribution < 1.29 is 18.7 Å². The molecule has 3 rings (SSSR count). The largest absolute Gasteiger partial charge is 0.468 e. The first kappa shape index (κ1) is 20.8. The Morgan fingerprint density at radius 2 is 1.93 bits per heavy atom. The molecular weight excluding hydrogens is 388 g/mol. The second-order valence-corrected chi connectivity index (χ2v) is 7.65. The Hall–Kier alpha value is -2.90.